The molecule has 2 fully saturated rings. The molecule has 1 aromatic heterocycles. The molecule has 24 heavy (non-hydrogen) atoms. The highest BCUT2D eigenvalue weighted by atomic mass is 15.3. The molecule has 1 saturated heterocycles. The highest BCUT2D eigenvalue weighted by molar-refractivity contribution is 5.79. The van der Waals surface area contributed by atoms with Gasteiger partial charge in [-0.2, -0.15) is 0 Å². The Morgan fingerprint density at radius 3 is 2.75 bits per heavy atom. The molecular formula is C18H30N6. The number of nitrogens with one attached hydrogen (secondary N) is 2. The fraction of sp³-hybridized carbons (Fsp3) is 0.667. The number of hydrogen-bond acceptors (Lipinski definition) is 4. The summed E-state index contributed by atoms with van der Waals surface area (Å²) in [6.45, 7) is 8.92. The van der Waals surface area contributed by atoms with E-state index in [0.717, 1.165) is 57.0 Å². The first-order chi connectivity index (χ1) is 11.8. The van der Waals surface area contributed by atoms with Gasteiger partial charge < -0.3 is 20.4 Å². The molecule has 0 bridgehead atoms. The van der Waals surface area contributed by atoms with Crippen molar-refractivity contribution in [2.24, 2.45) is 10.9 Å². The smallest absolute Gasteiger partial charge is 0.191 e. The van der Waals surface area contributed by atoms with E-state index >= 15 is 0 Å². The Labute approximate surface area is 145 Å². The average molecular weight is 330 g/mol. The number of aromatic nitrogens is 1. The van der Waals surface area contributed by atoms with Crippen LogP contribution in [0, 0.1) is 5.92 Å². The maximum absolute atomic E-state index is 4.77. The molecule has 1 saturated carbocycles. The van der Waals surface area contributed by atoms with Crippen LogP contribution in [0.25, 0.3) is 0 Å². The fourth-order valence-corrected chi connectivity index (χ4v) is 2.93. The van der Waals surface area contributed by atoms with Crippen LogP contribution in [0.15, 0.2) is 23.3 Å². The summed E-state index contributed by atoms with van der Waals surface area (Å²) < 4.78 is 0. The minimum Gasteiger partial charge on any atom is -0.357 e. The number of piperazine rings is 1. The van der Waals surface area contributed by atoms with Crippen LogP contribution in [0.5, 0.6) is 0 Å². The van der Waals surface area contributed by atoms with Gasteiger partial charge in [0.2, 0.25) is 0 Å². The molecule has 1 aromatic rings. The summed E-state index contributed by atoms with van der Waals surface area (Å²) in [7, 11) is 2.18. The second-order valence-corrected chi connectivity index (χ2v) is 6.80. The summed E-state index contributed by atoms with van der Waals surface area (Å²) in [4.78, 5) is 14.2. The predicted octanol–water partition coefficient (Wildman–Crippen LogP) is 1.30. The molecule has 0 amide bonds. The van der Waals surface area contributed by atoms with Crippen molar-refractivity contribution in [2.75, 3.05) is 51.2 Å². The molecule has 2 heterocycles. The summed E-state index contributed by atoms with van der Waals surface area (Å²) in [6.07, 6.45) is 4.59. The molecule has 0 unspecified atom stereocenters. The van der Waals surface area contributed by atoms with Gasteiger partial charge in [0.25, 0.3) is 0 Å². The van der Waals surface area contributed by atoms with E-state index in [1.165, 1.54) is 18.4 Å². The van der Waals surface area contributed by atoms with Crippen LogP contribution in [0.1, 0.15) is 25.3 Å². The number of aliphatic imine (C=N–C) groups is 1. The highest BCUT2D eigenvalue weighted by Gasteiger charge is 2.21. The van der Waals surface area contributed by atoms with E-state index in [4.69, 9.17) is 4.99 Å². The molecule has 6 heteroatoms. The molecule has 1 aliphatic carbocycles. The zero-order valence-corrected chi connectivity index (χ0v) is 15.0. The summed E-state index contributed by atoms with van der Waals surface area (Å²) in [6, 6.07) is 4.16. The van der Waals surface area contributed by atoms with Crippen molar-refractivity contribution >= 4 is 11.8 Å². The molecule has 2 aliphatic rings. The monoisotopic (exact) mass is 330 g/mol. The van der Waals surface area contributed by atoms with Crippen LogP contribution < -0.4 is 15.5 Å². The van der Waals surface area contributed by atoms with Crippen molar-refractivity contribution in [1.82, 2.24) is 20.5 Å². The topological polar surface area (TPSA) is 55.8 Å². The van der Waals surface area contributed by atoms with Gasteiger partial charge in [0, 0.05) is 51.0 Å². The van der Waals surface area contributed by atoms with E-state index in [1.54, 1.807) is 0 Å². The maximum Gasteiger partial charge on any atom is 0.191 e. The second kappa shape index (κ2) is 8.33. The average Bonchev–Trinajstić information content (AvgIpc) is 3.43. The van der Waals surface area contributed by atoms with Crippen molar-refractivity contribution in [1.29, 1.82) is 0 Å². The molecule has 0 aromatic carbocycles. The SMILES string of the molecule is CCNC(=NCc1cccnc1N1CCN(C)CC1)NCC1CC1. The Balaban J connectivity index is 1.65. The van der Waals surface area contributed by atoms with Crippen LogP contribution in [-0.2, 0) is 6.54 Å². The third kappa shape index (κ3) is 4.84. The molecule has 0 radical (unpaired) electrons. The standard InChI is InChI=1S/C18H30N6/c1-3-19-18(21-13-15-6-7-15)22-14-16-5-4-8-20-17(16)24-11-9-23(2)10-12-24/h4-5,8,15H,3,6-7,9-14H2,1-2H3,(H2,19,21,22). The van der Waals surface area contributed by atoms with Crippen LogP contribution in [0.3, 0.4) is 0 Å². The summed E-state index contributed by atoms with van der Waals surface area (Å²) in [5.41, 5.74) is 1.20. The van der Waals surface area contributed by atoms with Crippen molar-refractivity contribution in [3.63, 3.8) is 0 Å². The van der Waals surface area contributed by atoms with E-state index in [2.05, 4.69) is 45.5 Å². The number of rotatable bonds is 6. The molecule has 2 N–H and O–H groups in total. The number of likely N-dealkylation sites (N-methyl/N-ethyl adjacent to an activating group) is 1. The lowest BCUT2D eigenvalue weighted by Crippen LogP contribution is -2.45. The quantitative estimate of drug-likeness (QED) is 0.608. The van der Waals surface area contributed by atoms with Crippen LogP contribution >= 0.6 is 0 Å². The highest BCUT2D eigenvalue weighted by Crippen LogP contribution is 2.27. The van der Waals surface area contributed by atoms with Gasteiger partial charge >= 0.3 is 0 Å². The maximum atomic E-state index is 4.77. The normalized spacial score (nSPS) is 19.4. The molecular weight excluding hydrogens is 300 g/mol. The van der Waals surface area contributed by atoms with E-state index < -0.39 is 0 Å². The lowest BCUT2D eigenvalue weighted by Gasteiger charge is -2.34. The second-order valence-electron chi connectivity index (χ2n) is 6.80. The number of nitrogens with zero attached hydrogens (tertiary/aromatic N) is 4. The van der Waals surface area contributed by atoms with Gasteiger partial charge in [-0.3, -0.25) is 0 Å². The largest absolute Gasteiger partial charge is 0.357 e. The summed E-state index contributed by atoms with van der Waals surface area (Å²) in [5.74, 6) is 2.85. The van der Waals surface area contributed by atoms with E-state index in [1.807, 2.05) is 12.3 Å². The first-order valence-corrected chi connectivity index (χ1v) is 9.16. The molecule has 6 nitrogen and oxygen atoms in total. The molecule has 132 valence electrons. The first-order valence-electron chi connectivity index (χ1n) is 9.16. The number of pyridine rings is 1. The molecule has 3 rings (SSSR count). The molecule has 0 atom stereocenters. The first kappa shape index (κ1) is 17.0. The van der Waals surface area contributed by atoms with Crippen molar-refractivity contribution < 1.29 is 0 Å². The van der Waals surface area contributed by atoms with E-state index in [9.17, 15) is 0 Å². The molecule has 0 spiro atoms. The fourth-order valence-electron chi connectivity index (χ4n) is 2.93. The van der Waals surface area contributed by atoms with Crippen molar-refractivity contribution in [3.8, 4) is 0 Å². The van der Waals surface area contributed by atoms with Crippen molar-refractivity contribution in [2.45, 2.75) is 26.3 Å². The van der Waals surface area contributed by atoms with Gasteiger partial charge in [0.15, 0.2) is 5.96 Å². The zero-order valence-electron chi connectivity index (χ0n) is 15.0. The number of guanidine groups is 1. The minimum atomic E-state index is 0.662. The van der Waals surface area contributed by atoms with Crippen LogP contribution in [0.2, 0.25) is 0 Å². The number of anilines is 1. The predicted molar refractivity (Wildman–Crippen MR) is 99.5 cm³/mol. The lowest BCUT2D eigenvalue weighted by molar-refractivity contribution is 0.312. The Kier molecular flexibility index (Phi) is 5.91. The summed E-state index contributed by atoms with van der Waals surface area (Å²) in [5, 5.41) is 6.79. The Bertz CT molecular complexity index is 546. The van der Waals surface area contributed by atoms with Crippen LogP contribution in [-0.4, -0.2) is 62.2 Å². The van der Waals surface area contributed by atoms with Gasteiger partial charge in [-0.05, 0) is 38.8 Å². The van der Waals surface area contributed by atoms with Gasteiger partial charge in [-0.15, -0.1) is 0 Å². The van der Waals surface area contributed by atoms with E-state index in [0.29, 0.717) is 6.54 Å². The van der Waals surface area contributed by atoms with Gasteiger partial charge in [-0.1, -0.05) is 6.07 Å². The Morgan fingerprint density at radius 1 is 1.25 bits per heavy atom. The van der Waals surface area contributed by atoms with Crippen LogP contribution in [0.4, 0.5) is 5.82 Å². The van der Waals surface area contributed by atoms with Gasteiger partial charge in [-0.25, -0.2) is 9.98 Å². The number of hydrogen-bond donors (Lipinski definition) is 2. The third-order valence-electron chi connectivity index (χ3n) is 4.68. The Morgan fingerprint density at radius 2 is 2.04 bits per heavy atom. The van der Waals surface area contributed by atoms with Gasteiger partial charge in [0.05, 0.1) is 6.54 Å². The third-order valence-corrected chi connectivity index (χ3v) is 4.68. The zero-order chi connectivity index (χ0) is 16.8. The minimum absolute atomic E-state index is 0.662. The summed E-state index contributed by atoms with van der Waals surface area (Å²) >= 11 is 0. The van der Waals surface area contributed by atoms with E-state index in [-0.39, 0.29) is 0 Å². The van der Waals surface area contributed by atoms with Crippen molar-refractivity contribution in [3.05, 3.63) is 23.9 Å². The van der Waals surface area contributed by atoms with Gasteiger partial charge in [0.1, 0.15) is 5.82 Å². The molecule has 1 aliphatic heterocycles. The Hall–Kier alpha value is -1.82. The lowest BCUT2D eigenvalue weighted by atomic mass is 10.2.